The highest BCUT2D eigenvalue weighted by molar-refractivity contribution is 6.95. The van der Waals surface area contributed by atoms with E-state index in [-0.39, 0.29) is 0 Å². The van der Waals surface area contributed by atoms with Crippen molar-refractivity contribution in [1.82, 2.24) is 0 Å². The molecule has 2 N–H and O–H groups in total. The molecule has 2 nitrogen and oxygen atoms in total. The third-order valence-corrected chi connectivity index (χ3v) is 10.0. The van der Waals surface area contributed by atoms with E-state index in [0.717, 1.165) is 22.7 Å². The zero-order chi connectivity index (χ0) is 25.0. The summed E-state index contributed by atoms with van der Waals surface area (Å²) in [4.78, 5) is 2.31. The molecule has 0 aliphatic rings. The average molecular weight is 493 g/mol. The van der Waals surface area contributed by atoms with Gasteiger partial charge in [0.25, 0.3) is 0 Å². The second-order valence-electron chi connectivity index (χ2n) is 9.24. The highest BCUT2D eigenvalue weighted by Gasteiger charge is 2.23. The van der Waals surface area contributed by atoms with Gasteiger partial charge in [-0.1, -0.05) is 137 Å². The monoisotopic (exact) mass is 492 g/mol. The molecule has 0 heterocycles. The number of nitrogen functional groups attached to an aromatic ring is 1. The van der Waals surface area contributed by atoms with Gasteiger partial charge in [0.15, 0.2) is 0 Å². The highest BCUT2D eigenvalue weighted by atomic mass is 28.3. The molecule has 6 aromatic rings. The maximum Gasteiger partial charge on any atom is 0.133 e. The van der Waals surface area contributed by atoms with E-state index in [1.54, 1.807) is 0 Å². The Labute approximate surface area is 219 Å². The summed E-state index contributed by atoms with van der Waals surface area (Å²) in [6.45, 7) is 0. The van der Waals surface area contributed by atoms with Crippen LogP contribution in [0, 0.1) is 0 Å². The van der Waals surface area contributed by atoms with Crippen molar-refractivity contribution < 1.29 is 0 Å². The lowest BCUT2D eigenvalue weighted by Gasteiger charge is -2.29. The van der Waals surface area contributed by atoms with Crippen LogP contribution in [-0.2, 0) is 0 Å². The van der Waals surface area contributed by atoms with E-state index in [4.69, 9.17) is 5.73 Å². The quantitative estimate of drug-likeness (QED) is 0.172. The van der Waals surface area contributed by atoms with Crippen molar-refractivity contribution >= 4 is 57.9 Å². The number of hydrogen-bond acceptors (Lipinski definition) is 2. The van der Waals surface area contributed by atoms with Gasteiger partial charge in [0.2, 0.25) is 0 Å². The molecule has 0 radical (unpaired) electrons. The van der Waals surface area contributed by atoms with Gasteiger partial charge in [0.1, 0.15) is 8.80 Å². The first kappa shape index (κ1) is 22.8. The van der Waals surface area contributed by atoms with Crippen molar-refractivity contribution in [2.24, 2.45) is 0 Å². The Balaban J connectivity index is 1.58. The summed E-state index contributed by atoms with van der Waals surface area (Å²) < 4.78 is 0. The minimum absolute atomic E-state index is 0.759. The van der Waals surface area contributed by atoms with Crippen molar-refractivity contribution in [2.45, 2.75) is 0 Å². The summed E-state index contributed by atoms with van der Waals surface area (Å²) in [5.74, 6) is 0. The molecule has 0 fully saturated rings. The predicted octanol–water partition coefficient (Wildman–Crippen LogP) is 6.14. The Kier molecular flexibility index (Phi) is 6.28. The lowest BCUT2D eigenvalue weighted by Crippen LogP contribution is -2.52. The van der Waals surface area contributed by atoms with Gasteiger partial charge in [0.05, 0.1) is 17.1 Å². The van der Waals surface area contributed by atoms with E-state index in [1.807, 2.05) is 0 Å². The fourth-order valence-corrected chi connectivity index (χ4v) is 8.17. The van der Waals surface area contributed by atoms with Gasteiger partial charge < -0.3 is 10.6 Å². The van der Waals surface area contributed by atoms with Crippen molar-refractivity contribution in [2.75, 3.05) is 10.6 Å². The Hall–Kier alpha value is -4.60. The first-order valence-corrected chi connectivity index (χ1v) is 14.3. The number of hydrogen-bond donors (Lipinski definition) is 1. The largest absolute Gasteiger partial charge is 0.397 e. The Morgan fingerprint density at radius 3 is 1.70 bits per heavy atom. The number of nitrogens with zero attached hydrogens (tertiary/aromatic N) is 1. The van der Waals surface area contributed by atoms with Crippen LogP contribution < -0.4 is 26.2 Å². The number of nitrogens with two attached hydrogens (primary N) is 1. The summed E-state index contributed by atoms with van der Waals surface area (Å²) in [5, 5.41) is 6.51. The fourth-order valence-electron chi connectivity index (χ4n) is 5.19. The zero-order valence-corrected chi connectivity index (χ0v) is 21.7. The summed E-state index contributed by atoms with van der Waals surface area (Å²) in [6, 6.07) is 54.0. The van der Waals surface area contributed by atoms with Gasteiger partial charge >= 0.3 is 0 Å². The molecule has 0 amide bonds. The van der Waals surface area contributed by atoms with E-state index >= 15 is 0 Å². The molecule has 6 aromatic carbocycles. The van der Waals surface area contributed by atoms with Crippen molar-refractivity contribution in [3.63, 3.8) is 0 Å². The number of para-hydroxylation sites is 1. The lowest BCUT2D eigenvalue weighted by atomic mass is 10.1. The molecule has 0 atom stereocenters. The maximum atomic E-state index is 6.76. The zero-order valence-electron chi connectivity index (χ0n) is 20.5. The fraction of sp³-hybridized carbons (Fsp3) is 0. The molecule has 0 saturated carbocycles. The van der Waals surface area contributed by atoms with Crippen LogP contribution in [0.5, 0.6) is 0 Å². The molecule has 0 saturated heterocycles. The van der Waals surface area contributed by atoms with Crippen LogP contribution in [0.25, 0.3) is 10.8 Å². The Morgan fingerprint density at radius 2 is 1.03 bits per heavy atom. The molecule has 0 aliphatic heterocycles. The van der Waals surface area contributed by atoms with Gasteiger partial charge in [-0.3, -0.25) is 0 Å². The second kappa shape index (κ2) is 10.2. The smallest absolute Gasteiger partial charge is 0.133 e. The molecular weight excluding hydrogens is 464 g/mol. The highest BCUT2D eigenvalue weighted by Crippen LogP contribution is 2.40. The average Bonchev–Trinajstić information content (AvgIpc) is 2.97. The van der Waals surface area contributed by atoms with Crippen LogP contribution in [0.2, 0.25) is 0 Å². The van der Waals surface area contributed by atoms with Crippen LogP contribution in [0.1, 0.15) is 0 Å². The van der Waals surface area contributed by atoms with Crippen molar-refractivity contribution in [3.8, 4) is 0 Å². The molecular formula is C34H28N2Si. The van der Waals surface area contributed by atoms with Gasteiger partial charge in [-0.25, -0.2) is 0 Å². The summed E-state index contributed by atoms with van der Waals surface area (Å²) >= 11 is 0. The summed E-state index contributed by atoms with van der Waals surface area (Å²) in [6.07, 6.45) is 0. The molecule has 0 bridgehead atoms. The minimum Gasteiger partial charge on any atom is -0.397 e. The Morgan fingerprint density at radius 1 is 0.459 bits per heavy atom. The molecule has 6 rings (SSSR count). The van der Waals surface area contributed by atoms with Crippen LogP contribution >= 0.6 is 0 Å². The molecule has 37 heavy (non-hydrogen) atoms. The maximum absolute atomic E-state index is 6.76. The van der Waals surface area contributed by atoms with Gasteiger partial charge in [0, 0.05) is 11.1 Å². The van der Waals surface area contributed by atoms with E-state index in [2.05, 4.69) is 157 Å². The third kappa shape index (κ3) is 4.53. The standard InChI is InChI=1S/C34H28N2Si/c35-32-24-23-30(37(28-17-6-2-7-18-28)29-19-8-3-9-20-29)25-34(32)36(27-15-4-1-5-16-27)33-22-12-14-26-13-10-11-21-31(26)33/h1-25,37H,35H2. The first-order chi connectivity index (χ1) is 18.3. The molecule has 0 spiro atoms. The SMILES string of the molecule is Nc1ccc([SiH](c2ccccc2)c2ccccc2)cc1N(c1ccccc1)c1cccc2ccccc12. The minimum atomic E-state index is -1.72. The van der Waals surface area contributed by atoms with Gasteiger partial charge in [-0.2, -0.15) is 0 Å². The summed E-state index contributed by atoms with van der Waals surface area (Å²) in [5.41, 5.74) is 10.7. The predicted molar refractivity (Wildman–Crippen MR) is 162 cm³/mol. The molecule has 0 aliphatic carbocycles. The van der Waals surface area contributed by atoms with Crippen LogP contribution in [-0.4, -0.2) is 8.80 Å². The van der Waals surface area contributed by atoms with Crippen LogP contribution in [0.3, 0.4) is 0 Å². The van der Waals surface area contributed by atoms with Crippen molar-refractivity contribution in [1.29, 1.82) is 0 Å². The molecule has 0 aromatic heterocycles. The van der Waals surface area contributed by atoms with E-state index in [0.29, 0.717) is 0 Å². The molecule has 0 unspecified atom stereocenters. The lowest BCUT2D eigenvalue weighted by molar-refractivity contribution is 1.30. The van der Waals surface area contributed by atoms with Gasteiger partial charge in [-0.15, -0.1) is 0 Å². The number of anilines is 4. The van der Waals surface area contributed by atoms with Crippen LogP contribution in [0.15, 0.2) is 152 Å². The topological polar surface area (TPSA) is 29.3 Å². The normalized spacial score (nSPS) is 11.1. The molecule has 178 valence electrons. The van der Waals surface area contributed by atoms with Gasteiger partial charge in [-0.05, 0) is 35.7 Å². The number of fused-ring (bicyclic) bond motifs is 1. The van der Waals surface area contributed by atoms with Crippen LogP contribution in [0.4, 0.5) is 22.7 Å². The van der Waals surface area contributed by atoms with E-state index < -0.39 is 8.80 Å². The van der Waals surface area contributed by atoms with E-state index in [1.165, 1.54) is 26.3 Å². The number of rotatable bonds is 6. The van der Waals surface area contributed by atoms with Crippen molar-refractivity contribution in [3.05, 3.63) is 152 Å². The van der Waals surface area contributed by atoms with E-state index in [9.17, 15) is 0 Å². The molecule has 3 heteroatoms. The second-order valence-corrected chi connectivity index (χ2v) is 12.1. The number of benzene rings is 6. The third-order valence-electron chi connectivity index (χ3n) is 6.92. The first-order valence-electron chi connectivity index (χ1n) is 12.6. The summed E-state index contributed by atoms with van der Waals surface area (Å²) in [7, 11) is -1.72. The Bertz CT molecular complexity index is 1590.